The van der Waals surface area contributed by atoms with Gasteiger partial charge in [0, 0.05) is 0 Å². The van der Waals surface area contributed by atoms with Crippen molar-refractivity contribution < 1.29 is 9.47 Å². The zero-order valence-electron chi connectivity index (χ0n) is 8.08. The summed E-state index contributed by atoms with van der Waals surface area (Å²) in [6.45, 7) is 2.06. The quantitative estimate of drug-likeness (QED) is 0.621. The maximum absolute atomic E-state index is 5.31. The van der Waals surface area contributed by atoms with E-state index in [-0.39, 0.29) is 0 Å². The van der Waals surface area contributed by atoms with Crippen molar-refractivity contribution in [1.82, 2.24) is 0 Å². The van der Waals surface area contributed by atoms with Gasteiger partial charge in [-0.2, -0.15) is 0 Å². The molecule has 0 aromatic carbocycles. The van der Waals surface area contributed by atoms with Gasteiger partial charge >= 0.3 is 0 Å². The van der Waals surface area contributed by atoms with Gasteiger partial charge in [-0.25, -0.2) is 0 Å². The first-order valence-corrected chi connectivity index (χ1v) is 5.65. The molecule has 2 nitrogen and oxygen atoms in total. The Kier molecular flexibility index (Phi) is 2.06. The van der Waals surface area contributed by atoms with Crippen LogP contribution in [0.2, 0.25) is 0 Å². The van der Waals surface area contributed by atoms with E-state index in [2.05, 4.69) is 0 Å². The van der Waals surface area contributed by atoms with Crippen molar-refractivity contribution in [1.29, 1.82) is 0 Å². The van der Waals surface area contributed by atoms with Crippen molar-refractivity contribution in [2.75, 3.05) is 13.2 Å². The summed E-state index contributed by atoms with van der Waals surface area (Å²) in [5, 5.41) is 0. The molecule has 0 aromatic rings. The van der Waals surface area contributed by atoms with Gasteiger partial charge < -0.3 is 9.47 Å². The second-order valence-corrected chi connectivity index (χ2v) is 4.83. The highest BCUT2D eigenvalue weighted by Gasteiger charge is 2.37. The van der Waals surface area contributed by atoms with E-state index in [0.29, 0.717) is 12.2 Å². The summed E-state index contributed by atoms with van der Waals surface area (Å²) in [6, 6.07) is 0. The van der Waals surface area contributed by atoms with Crippen LogP contribution in [-0.4, -0.2) is 25.4 Å². The second kappa shape index (κ2) is 3.25. The Morgan fingerprint density at radius 3 is 1.69 bits per heavy atom. The van der Waals surface area contributed by atoms with Crippen LogP contribution in [0.5, 0.6) is 0 Å². The molecule has 13 heavy (non-hydrogen) atoms. The van der Waals surface area contributed by atoms with E-state index in [9.17, 15) is 0 Å². The molecule has 2 heterocycles. The Bertz CT molecular complexity index is 165. The van der Waals surface area contributed by atoms with Crippen LogP contribution < -0.4 is 0 Å². The predicted octanol–water partition coefficient (Wildman–Crippen LogP) is 1.98. The molecule has 0 amide bonds. The van der Waals surface area contributed by atoms with Crippen molar-refractivity contribution >= 4 is 0 Å². The van der Waals surface area contributed by atoms with Crippen LogP contribution in [0.3, 0.4) is 0 Å². The second-order valence-electron chi connectivity index (χ2n) is 4.83. The molecule has 1 aliphatic carbocycles. The highest BCUT2D eigenvalue weighted by molar-refractivity contribution is 4.86. The smallest absolute Gasteiger partial charge is 0.0812 e. The minimum Gasteiger partial charge on any atom is -0.373 e. The summed E-state index contributed by atoms with van der Waals surface area (Å²) in [5.41, 5.74) is 0. The first-order chi connectivity index (χ1) is 6.42. The first-order valence-electron chi connectivity index (χ1n) is 5.65. The van der Waals surface area contributed by atoms with Gasteiger partial charge in [0.1, 0.15) is 0 Å². The van der Waals surface area contributed by atoms with E-state index in [4.69, 9.17) is 9.47 Å². The van der Waals surface area contributed by atoms with E-state index in [0.717, 1.165) is 25.0 Å². The van der Waals surface area contributed by atoms with Crippen LogP contribution in [0, 0.1) is 11.8 Å². The maximum Gasteiger partial charge on any atom is 0.0812 e. The Balaban J connectivity index is 1.51. The number of hydrogen-bond donors (Lipinski definition) is 0. The molecule has 0 N–H and O–H groups in total. The fraction of sp³-hybridized carbons (Fsp3) is 1.00. The van der Waals surface area contributed by atoms with Crippen LogP contribution in [0.1, 0.15) is 32.1 Å². The number of epoxide rings is 2. The van der Waals surface area contributed by atoms with E-state index in [1.54, 1.807) is 0 Å². The van der Waals surface area contributed by atoms with Gasteiger partial charge in [-0.3, -0.25) is 0 Å². The summed E-state index contributed by atoms with van der Waals surface area (Å²) in [5.74, 6) is 1.91. The molecule has 2 saturated heterocycles. The first kappa shape index (κ1) is 8.25. The monoisotopic (exact) mass is 182 g/mol. The molecule has 0 aromatic heterocycles. The standard InChI is InChI=1S/C11H18O2/c1-2-8(4-10-6-12-10)9(3-1)5-11-7-13-11/h8-11H,1-7H2. The van der Waals surface area contributed by atoms with Gasteiger partial charge in [-0.05, 0) is 24.7 Å². The molecule has 3 aliphatic rings. The van der Waals surface area contributed by atoms with Crippen LogP contribution in [0.25, 0.3) is 0 Å². The van der Waals surface area contributed by atoms with E-state index < -0.39 is 0 Å². The summed E-state index contributed by atoms with van der Waals surface area (Å²) in [4.78, 5) is 0. The van der Waals surface area contributed by atoms with Crippen molar-refractivity contribution in [2.24, 2.45) is 11.8 Å². The van der Waals surface area contributed by atoms with Gasteiger partial charge in [0.2, 0.25) is 0 Å². The fourth-order valence-electron chi connectivity index (χ4n) is 2.82. The molecule has 2 aliphatic heterocycles. The third-order valence-corrected chi connectivity index (χ3v) is 3.75. The maximum atomic E-state index is 5.31. The molecule has 74 valence electrons. The minimum atomic E-state index is 0.630. The Hall–Kier alpha value is -0.0800. The van der Waals surface area contributed by atoms with E-state index >= 15 is 0 Å². The number of hydrogen-bond acceptors (Lipinski definition) is 2. The minimum absolute atomic E-state index is 0.630. The van der Waals surface area contributed by atoms with Gasteiger partial charge in [0.05, 0.1) is 25.4 Å². The molecule has 3 fully saturated rings. The van der Waals surface area contributed by atoms with Gasteiger partial charge in [-0.15, -0.1) is 0 Å². The van der Waals surface area contributed by atoms with E-state index in [1.807, 2.05) is 0 Å². The lowest BCUT2D eigenvalue weighted by molar-refractivity contribution is 0.270. The van der Waals surface area contributed by atoms with Crippen LogP contribution >= 0.6 is 0 Å². The molecule has 1 saturated carbocycles. The Labute approximate surface area is 79.6 Å². The van der Waals surface area contributed by atoms with Crippen LogP contribution in [0.4, 0.5) is 0 Å². The van der Waals surface area contributed by atoms with Crippen molar-refractivity contribution in [3.8, 4) is 0 Å². The molecule has 4 unspecified atom stereocenters. The van der Waals surface area contributed by atoms with E-state index in [1.165, 1.54) is 32.1 Å². The molecule has 2 heteroatoms. The summed E-state index contributed by atoms with van der Waals surface area (Å²) in [7, 11) is 0. The van der Waals surface area contributed by atoms with Crippen LogP contribution in [0.15, 0.2) is 0 Å². The average molecular weight is 182 g/mol. The highest BCUT2D eigenvalue weighted by Crippen LogP contribution is 2.41. The van der Waals surface area contributed by atoms with Crippen molar-refractivity contribution in [3.63, 3.8) is 0 Å². The van der Waals surface area contributed by atoms with Crippen molar-refractivity contribution in [2.45, 2.75) is 44.3 Å². The predicted molar refractivity (Wildman–Crippen MR) is 49.5 cm³/mol. The zero-order valence-corrected chi connectivity index (χ0v) is 8.08. The normalized spacial score (nSPS) is 48.0. The lowest BCUT2D eigenvalue weighted by atomic mass is 9.88. The molecular weight excluding hydrogens is 164 g/mol. The molecule has 3 rings (SSSR count). The number of rotatable bonds is 4. The SMILES string of the molecule is C1CC(CC2CO2)C(CC2CO2)C1. The third kappa shape index (κ3) is 2.05. The molecule has 0 bridgehead atoms. The Morgan fingerprint density at radius 2 is 1.31 bits per heavy atom. The topological polar surface area (TPSA) is 25.1 Å². The molecule has 0 radical (unpaired) electrons. The lowest BCUT2D eigenvalue weighted by Crippen LogP contribution is -2.12. The van der Waals surface area contributed by atoms with Gasteiger partial charge in [0.15, 0.2) is 0 Å². The van der Waals surface area contributed by atoms with Gasteiger partial charge in [0.25, 0.3) is 0 Å². The largest absolute Gasteiger partial charge is 0.373 e. The Morgan fingerprint density at radius 1 is 0.846 bits per heavy atom. The number of ether oxygens (including phenoxy) is 2. The summed E-state index contributed by atoms with van der Waals surface area (Å²) >= 11 is 0. The zero-order chi connectivity index (χ0) is 8.67. The lowest BCUT2D eigenvalue weighted by Gasteiger charge is -2.17. The summed E-state index contributed by atoms with van der Waals surface area (Å²) < 4.78 is 10.6. The molecule has 4 atom stereocenters. The summed E-state index contributed by atoms with van der Waals surface area (Å²) in [6.07, 6.45) is 8.24. The fourth-order valence-corrected chi connectivity index (χ4v) is 2.82. The highest BCUT2D eigenvalue weighted by atomic mass is 16.6. The van der Waals surface area contributed by atoms with Gasteiger partial charge in [-0.1, -0.05) is 19.3 Å². The average Bonchev–Trinajstić information content (AvgIpc) is 2.95. The molecule has 0 spiro atoms. The van der Waals surface area contributed by atoms with Crippen LogP contribution in [-0.2, 0) is 9.47 Å². The van der Waals surface area contributed by atoms with Crippen molar-refractivity contribution in [3.05, 3.63) is 0 Å². The molecular formula is C11H18O2. The third-order valence-electron chi connectivity index (χ3n) is 3.75.